The molecule has 3 rings (SSSR count). The molecule has 3 aromatic rings. The van der Waals surface area contributed by atoms with E-state index in [0.29, 0.717) is 16.3 Å². The van der Waals surface area contributed by atoms with Gasteiger partial charge in [0.05, 0.1) is 17.4 Å². The van der Waals surface area contributed by atoms with Gasteiger partial charge in [0.25, 0.3) is 5.91 Å². The Bertz CT molecular complexity index is 955. The van der Waals surface area contributed by atoms with Crippen LogP contribution in [0.25, 0.3) is 0 Å². The van der Waals surface area contributed by atoms with Crippen LogP contribution in [0.5, 0.6) is 0 Å². The zero-order valence-electron chi connectivity index (χ0n) is 15.9. The summed E-state index contributed by atoms with van der Waals surface area (Å²) in [5.41, 5.74) is 3.65. The number of benzene rings is 1. The van der Waals surface area contributed by atoms with Gasteiger partial charge in [-0.15, -0.1) is 0 Å². The van der Waals surface area contributed by atoms with Crippen LogP contribution in [0.4, 0.5) is 11.5 Å². The highest BCUT2D eigenvalue weighted by atomic mass is 32.2. The van der Waals surface area contributed by atoms with Gasteiger partial charge in [0, 0.05) is 25.2 Å². The van der Waals surface area contributed by atoms with Crippen molar-refractivity contribution in [1.82, 2.24) is 9.97 Å². The average molecular weight is 379 g/mol. The van der Waals surface area contributed by atoms with Gasteiger partial charge in [0.2, 0.25) is 0 Å². The second kappa shape index (κ2) is 8.22. The first-order chi connectivity index (χ1) is 12.9. The molecule has 0 fully saturated rings. The van der Waals surface area contributed by atoms with E-state index < -0.39 is 0 Å². The maximum absolute atomic E-state index is 12.8. The van der Waals surface area contributed by atoms with E-state index in [1.54, 1.807) is 24.5 Å². The molecule has 0 unspecified atom stereocenters. The Hall–Kier alpha value is -2.86. The topological polar surface area (TPSA) is 58.1 Å². The number of amides is 1. The van der Waals surface area contributed by atoms with Crippen LogP contribution < -0.4 is 10.2 Å². The Morgan fingerprint density at radius 1 is 1.04 bits per heavy atom. The van der Waals surface area contributed by atoms with Gasteiger partial charge in [0.15, 0.2) is 0 Å². The van der Waals surface area contributed by atoms with E-state index in [-0.39, 0.29) is 5.91 Å². The molecule has 2 heterocycles. The third-order valence-electron chi connectivity index (χ3n) is 4.17. The van der Waals surface area contributed by atoms with Crippen LogP contribution in [0.1, 0.15) is 21.5 Å². The number of carbonyl (C=O) groups excluding carboxylic acids is 1. The van der Waals surface area contributed by atoms with Crippen molar-refractivity contribution in [1.29, 1.82) is 0 Å². The molecule has 0 aliphatic carbocycles. The number of hydrogen-bond donors (Lipinski definition) is 1. The van der Waals surface area contributed by atoms with Crippen LogP contribution >= 0.6 is 11.8 Å². The molecule has 0 atom stereocenters. The van der Waals surface area contributed by atoms with Crippen LogP contribution in [0.2, 0.25) is 0 Å². The first kappa shape index (κ1) is 18.9. The van der Waals surface area contributed by atoms with Crippen molar-refractivity contribution < 1.29 is 4.79 Å². The number of nitrogens with zero attached hydrogens (tertiary/aromatic N) is 3. The second-order valence-electron chi connectivity index (χ2n) is 6.46. The Balaban J connectivity index is 1.80. The molecule has 0 saturated carbocycles. The van der Waals surface area contributed by atoms with Crippen molar-refractivity contribution in [2.24, 2.45) is 0 Å². The van der Waals surface area contributed by atoms with Gasteiger partial charge in [-0.1, -0.05) is 17.8 Å². The first-order valence-corrected chi connectivity index (χ1v) is 9.40. The van der Waals surface area contributed by atoms with E-state index in [1.165, 1.54) is 22.9 Å². The number of aromatic nitrogens is 2. The van der Waals surface area contributed by atoms with Crippen molar-refractivity contribution in [3.63, 3.8) is 0 Å². The smallest absolute Gasteiger partial charge is 0.258 e. The maximum Gasteiger partial charge on any atom is 0.258 e. The van der Waals surface area contributed by atoms with Crippen LogP contribution in [0.3, 0.4) is 0 Å². The summed E-state index contributed by atoms with van der Waals surface area (Å²) in [7, 11) is 3.85. The Morgan fingerprint density at radius 3 is 2.52 bits per heavy atom. The lowest BCUT2D eigenvalue weighted by molar-refractivity contribution is 0.102. The third-order valence-corrected chi connectivity index (χ3v) is 5.18. The lowest BCUT2D eigenvalue weighted by Gasteiger charge is -2.12. The molecule has 6 heteroatoms. The molecule has 2 aromatic heterocycles. The van der Waals surface area contributed by atoms with E-state index in [9.17, 15) is 4.79 Å². The normalized spacial score (nSPS) is 10.5. The van der Waals surface area contributed by atoms with Gasteiger partial charge in [-0.25, -0.2) is 9.97 Å². The molecule has 1 N–H and O–H groups in total. The lowest BCUT2D eigenvalue weighted by atomic mass is 10.1. The van der Waals surface area contributed by atoms with E-state index in [0.717, 1.165) is 10.7 Å². The largest absolute Gasteiger partial charge is 0.363 e. The van der Waals surface area contributed by atoms with Gasteiger partial charge in [-0.2, -0.15) is 0 Å². The molecular weight excluding hydrogens is 356 g/mol. The fraction of sp³-hybridized carbons (Fsp3) is 0.190. The van der Waals surface area contributed by atoms with Crippen LogP contribution in [-0.4, -0.2) is 30.0 Å². The van der Waals surface area contributed by atoms with Crippen LogP contribution in [0.15, 0.2) is 64.8 Å². The Kier molecular flexibility index (Phi) is 5.76. The van der Waals surface area contributed by atoms with Crippen molar-refractivity contribution in [3.8, 4) is 0 Å². The van der Waals surface area contributed by atoms with E-state index in [2.05, 4.69) is 41.3 Å². The molecule has 27 heavy (non-hydrogen) atoms. The average Bonchev–Trinajstić information content (AvgIpc) is 2.65. The van der Waals surface area contributed by atoms with Crippen molar-refractivity contribution in [2.75, 3.05) is 24.3 Å². The summed E-state index contributed by atoms with van der Waals surface area (Å²) in [5, 5.41) is 3.57. The fourth-order valence-corrected chi connectivity index (χ4v) is 3.44. The Morgan fingerprint density at radius 2 is 1.85 bits per heavy atom. The molecule has 0 bridgehead atoms. The lowest BCUT2D eigenvalue weighted by Crippen LogP contribution is -2.15. The van der Waals surface area contributed by atoms with Crippen molar-refractivity contribution >= 4 is 29.2 Å². The predicted molar refractivity (Wildman–Crippen MR) is 111 cm³/mol. The number of rotatable bonds is 5. The van der Waals surface area contributed by atoms with E-state index in [4.69, 9.17) is 0 Å². The minimum Gasteiger partial charge on any atom is -0.363 e. The highest BCUT2D eigenvalue weighted by Crippen LogP contribution is 2.30. The fourth-order valence-electron chi connectivity index (χ4n) is 2.46. The number of pyridine rings is 2. The number of anilines is 2. The molecule has 1 aromatic carbocycles. The first-order valence-electron chi connectivity index (χ1n) is 8.59. The molecule has 5 nitrogen and oxygen atoms in total. The number of nitrogens with one attached hydrogen (secondary N) is 1. The minimum absolute atomic E-state index is 0.200. The highest BCUT2D eigenvalue weighted by Gasteiger charge is 2.14. The zero-order valence-corrected chi connectivity index (χ0v) is 16.7. The summed E-state index contributed by atoms with van der Waals surface area (Å²) in [6.45, 7) is 4.16. The molecule has 0 spiro atoms. The highest BCUT2D eigenvalue weighted by molar-refractivity contribution is 7.99. The number of carbonyl (C=O) groups is 1. The SMILES string of the molecule is Cc1ccc(Sc2ncccc2C(=O)Nc2ccc(N(C)C)nc2)cc1C. The maximum atomic E-state index is 12.8. The summed E-state index contributed by atoms with van der Waals surface area (Å²) in [4.78, 5) is 24.5. The number of aryl methyl sites for hydroxylation is 2. The van der Waals surface area contributed by atoms with Gasteiger partial charge < -0.3 is 10.2 Å². The summed E-state index contributed by atoms with van der Waals surface area (Å²) < 4.78 is 0. The van der Waals surface area contributed by atoms with Crippen LogP contribution in [-0.2, 0) is 0 Å². The van der Waals surface area contributed by atoms with Crippen LogP contribution in [0, 0.1) is 13.8 Å². The predicted octanol–water partition coefficient (Wildman–Crippen LogP) is 4.56. The quantitative estimate of drug-likeness (QED) is 0.705. The molecule has 1 amide bonds. The standard InChI is InChI=1S/C21H22N4OS/c1-14-7-9-17(12-15(14)2)27-21-18(6-5-11-22-21)20(26)24-16-8-10-19(23-13-16)25(3)4/h5-13H,1-4H3,(H,24,26). The molecule has 138 valence electrons. The zero-order chi connectivity index (χ0) is 19.4. The van der Waals surface area contributed by atoms with Gasteiger partial charge in [0.1, 0.15) is 10.8 Å². The molecule has 0 aliphatic rings. The monoisotopic (exact) mass is 378 g/mol. The van der Waals surface area contributed by atoms with Gasteiger partial charge in [-0.3, -0.25) is 4.79 Å². The molecule has 0 radical (unpaired) electrons. The second-order valence-corrected chi connectivity index (χ2v) is 7.52. The van der Waals surface area contributed by atoms with E-state index in [1.807, 2.05) is 37.2 Å². The Labute approximate surface area is 163 Å². The third kappa shape index (κ3) is 4.65. The van der Waals surface area contributed by atoms with Gasteiger partial charge in [-0.05, 0) is 61.4 Å². The molecule has 0 saturated heterocycles. The number of hydrogen-bond acceptors (Lipinski definition) is 5. The molecule has 0 aliphatic heterocycles. The van der Waals surface area contributed by atoms with Crippen molar-refractivity contribution in [3.05, 3.63) is 71.5 Å². The van der Waals surface area contributed by atoms with E-state index >= 15 is 0 Å². The summed E-state index contributed by atoms with van der Waals surface area (Å²) >= 11 is 1.49. The van der Waals surface area contributed by atoms with Crippen molar-refractivity contribution in [2.45, 2.75) is 23.8 Å². The minimum atomic E-state index is -0.200. The molecular formula is C21H22N4OS. The summed E-state index contributed by atoms with van der Waals surface area (Å²) in [6, 6.07) is 13.5. The summed E-state index contributed by atoms with van der Waals surface area (Å²) in [5.74, 6) is 0.634. The summed E-state index contributed by atoms with van der Waals surface area (Å²) in [6.07, 6.45) is 3.35. The van der Waals surface area contributed by atoms with Gasteiger partial charge >= 0.3 is 0 Å².